The lowest BCUT2D eigenvalue weighted by Gasteiger charge is -2.32. The van der Waals surface area contributed by atoms with Crippen LogP contribution in [0.15, 0.2) is 35.1 Å². The average Bonchev–Trinajstić information content (AvgIpc) is 3.58. The summed E-state index contributed by atoms with van der Waals surface area (Å²) in [6.07, 6.45) is 3.74. The smallest absolute Gasteiger partial charge is 0.267 e. The third-order valence-electron chi connectivity index (χ3n) is 5.58. The van der Waals surface area contributed by atoms with E-state index in [1.54, 1.807) is 43.2 Å². The molecule has 7 heteroatoms. The predicted octanol–water partition coefficient (Wildman–Crippen LogP) is 2.62. The lowest BCUT2D eigenvalue weighted by molar-refractivity contribution is 0.0684. The first-order chi connectivity index (χ1) is 13.6. The SMILES string of the molecule is COc1ccc(C(=O)N2CCC(n3nc(C4CC4)ccc3=O)CC2)c(OC)c1. The lowest BCUT2D eigenvalue weighted by atomic mass is 10.0. The molecule has 1 aliphatic carbocycles. The van der Waals surface area contributed by atoms with Gasteiger partial charge in [0.15, 0.2) is 0 Å². The van der Waals surface area contributed by atoms with E-state index in [1.165, 1.54) is 0 Å². The van der Waals surface area contributed by atoms with Crippen molar-refractivity contribution in [2.45, 2.75) is 37.6 Å². The highest BCUT2D eigenvalue weighted by atomic mass is 16.5. The number of benzene rings is 1. The lowest BCUT2D eigenvalue weighted by Crippen LogP contribution is -2.41. The number of hydrogen-bond donors (Lipinski definition) is 0. The Kier molecular flexibility index (Phi) is 5.07. The van der Waals surface area contributed by atoms with E-state index in [2.05, 4.69) is 5.10 Å². The monoisotopic (exact) mass is 383 g/mol. The second kappa shape index (κ2) is 7.66. The Balaban J connectivity index is 1.46. The van der Waals surface area contributed by atoms with Crippen LogP contribution < -0.4 is 15.0 Å². The van der Waals surface area contributed by atoms with E-state index in [1.807, 2.05) is 11.0 Å². The van der Waals surface area contributed by atoms with Crippen molar-refractivity contribution >= 4 is 5.91 Å². The van der Waals surface area contributed by atoms with Crippen LogP contribution in [0.4, 0.5) is 0 Å². The molecule has 2 heterocycles. The van der Waals surface area contributed by atoms with Crippen molar-refractivity contribution in [1.29, 1.82) is 0 Å². The zero-order valence-electron chi connectivity index (χ0n) is 16.3. The summed E-state index contributed by atoms with van der Waals surface area (Å²) in [5.41, 5.74) is 1.47. The standard InChI is InChI=1S/C21H25N3O4/c1-27-16-5-6-17(19(13-16)28-2)21(26)23-11-9-15(10-12-23)24-20(25)8-7-18(22-24)14-3-4-14/h5-8,13-15H,3-4,9-12H2,1-2H3. The van der Waals surface area contributed by atoms with Gasteiger partial charge in [0.2, 0.25) is 0 Å². The second-order valence-electron chi connectivity index (χ2n) is 7.40. The van der Waals surface area contributed by atoms with Crippen LogP contribution in [0.2, 0.25) is 0 Å². The number of amides is 1. The number of hydrogen-bond acceptors (Lipinski definition) is 5. The fourth-order valence-corrected chi connectivity index (χ4v) is 3.76. The molecule has 0 bridgehead atoms. The van der Waals surface area contributed by atoms with Crippen molar-refractivity contribution in [2.75, 3.05) is 27.3 Å². The number of rotatable bonds is 5. The number of nitrogens with zero attached hydrogens (tertiary/aromatic N) is 3. The van der Waals surface area contributed by atoms with Gasteiger partial charge in [-0.2, -0.15) is 5.10 Å². The summed E-state index contributed by atoms with van der Waals surface area (Å²) in [5, 5.41) is 4.60. The minimum atomic E-state index is -0.0648. The van der Waals surface area contributed by atoms with Crippen LogP contribution in [0.25, 0.3) is 0 Å². The van der Waals surface area contributed by atoms with Crippen LogP contribution in [0.5, 0.6) is 11.5 Å². The molecule has 2 aromatic rings. The van der Waals surface area contributed by atoms with Gasteiger partial charge in [0.1, 0.15) is 11.5 Å². The summed E-state index contributed by atoms with van der Waals surface area (Å²) in [6.45, 7) is 1.17. The van der Waals surface area contributed by atoms with Gasteiger partial charge in [0, 0.05) is 31.1 Å². The van der Waals surface area contributed by atoms with Gasteiger partial charge in [-0.1, -0.05) is 0 Å². The molecular formula is C21H25N3O4. The highest BCUT2D eigenvalue weighted by Crippen LogP contribution is 2.38. The summed E-state index contributed by atoms with van der Waals surface area (Å²) in [6, 6.07) is 8.72. The Labute approximate surface area is 163 Å². The van der Waals surface area contributed by atoms with Gasteiger partial charge in [-0.15, -0.1) is 0 Å². The Morgan fingerprint density at radius 3 is 2.43 bits per heavy atom. The normalized spacial score (nSPS) is 17.4. The highest BCUT2D eigenvalue weighted by molar-refractivity contribution is 5.97. The Bertz CT molecular complexity index is 927. The number of aromatic nitrogens is 2. The maximum absolute atomic E-state index is 13.0. The summed E-state index contributed by atoms with van der Waals surface area (Å²) < 4.78 is 12.2. The number of carbonyl (C=O) groups is 1. The Hall–Kier alpha value is -2.83. The second-order valence-corrected chi connectivity index (χ2v) is 7.40. The average molecular weight is 383 g/mol. The Morgan fingerprint density at radius 2 is 1.79 bits per heavy atom. The topological polar surface area (TPSA) is 73.7 Å². The van der Waals surface area contributed by atoms with E-state index in [4.69, 9.17) is 9.47 Å². The van der Waals surface area contributed by atoms with Gasteiger partial charge in [-0.25, -0.2) is 4.68 Å². The van der Waals surface area contributed by atoms with Crippen LogP contribution in [0, 0.1) is 0 Å². The zero-order valence-corrected chi connectivity index (χ0v) is 16.3. The van der Waals surface area contributed by atoms with E-state index < -0.39 is 0 Å². The first-order valence-corrected chi connectivity index (χ1v) is 9.71. The molecule has 1 amide bonds. The minimum Gasteiger partial charge on any atom is -0.497 e. The van der Waals surface area contributed by atoms with Crippen molar-refractivity contribution in [2.24, 2.45) is 0 Å². The molecule has 1 saturated heterocycles. The number of methoxy groups -OCH3 is 2. The van der Waals surface area contributed by atoms with Crippen molar-refractivity contribution in [3.05, 3.63) is 51.9 Å². The van der Waals surface area contributed by atoms with E-state index >= 15 is 0 Å². The summed E-state index contributed by atoms with van der Waals surface area (Å²) in [4.78, 5) is 27.1. The van der Waals surface area contributed by atoms with Gasteiger partial charge in [0.05, 0.1) is 31.5 Å². The van der Waals surface area contributed by atoms with Gasteiger partial charge in [-0.05, 0) is 43.9 Å². The molecule has 0 unspecified atom stereocenters. The van der Waals surface area contributed by atoms with Gasteiger partial charge >= 0.3 is 0 Å². The van der Waals surface area contributed by atoms with Crippen molar-refractivity contribution in [1.82, 2.24) is 14.7 Å². The number of piperidine rings is 1. The Morgan fingerprint density at radius 1 is 1.04 bits per heavy atom. The molecule has 1 aromatic carbocycles. The molecule has 1 saturated carbocycles. The van der Waals surface area contributed by atoms with Crippen molar-refractivity contribution in [3.8, 4) is 11.5 Å². The maximum Gasteiger partial charge on any atom is 0.267 e. The van der Waals surface area contributed by atoms with Crippen LogP contribution in [0.1, 0.15) is 53.7 Å². The molecule has 0 atom stereocenters. The van der Waals surface area contributed by atoms with Crippen molar-refractivity contribution in [3.63, 3.8) is 0 Å². The molecule has 1 aromatic heterocycles. The van der Waals surface area contributed by atoms with Crippen LogP contribution in [0.3, 0.4) is 0 Å². The number of ether oxygens (including phenoxy) is 2. The molecule has 1 aliphatic heterocycles. The predicted molar refractivity (Wildman–Crippen MR) is 104 cm³/mol. The van der Waals surface area contributed by atoms with Gasteiger partial charge in [-0.3, -0.25) is 9.59 Å². The quantitative estimate of drug-likeness (QED) is 0.794. The molecule has 4 rings (SSSR count). The van der Waals surface area contributed by atoms with Crippen molar-refractivity contribution < 1.29 is 14.3 Å². The first-order valence-electron chi connectivity index (χ1n) is 9.71. The molecule has 0 radical (unpaired) electrons. The largest absolute Gasteiger partial charge is 0.497 e. The molecule has 0 spiro atoms. The first kappa shape index (κ1) is 18.5. The van der Waals surface area contributed by atoms with E-state index in [0.717, 1.165) is 18.5 Å². The summed E-state index contributed by atoms with van der Waals surface area (Å²) in [5.74, 6) is 1.59. The summed E-state index contributed by atoms with van der Waals surface area (Å²) >= 11 is 0. The number of carbonyl (C=O) groups excluding carboxylic acids is 1. The molecule has 28 heavy (non-hydrogen) atoms. The molecule has 7 nitrogen and oxygen atoms in total. The van der Waals surface area contributed by atoms with E-state index in [0.29, 0.717) is 48.9 Å². The third kappa shape index (κ3) is 3.61. The highest BCUT2D eigenvalue weighted by Gasteiger charge is 2.29. The minimum absolute atomic E-state index is 0.0352. The molecule has 0 N–H and O–H groups in total. The zero-order chi connectivity index (χ0) is 19.7. The van der Waals surface area contributed by atoms with Gasteiger partial charge in [0.25, 0.3) is 11.5 Å². The fourth-order valence-electron chi connectivity index (χ4n) is 3.76. The van der Waals surface area contributed by atoms with E-state index in [9.17, 15) is 9.59 Å². The van der Waals surface area contributed by atoms with Crippen LogP contribution in [-0.4, -0.2) is 47.9 Å². The number of likely N-dealkylation sites (tertiary alicyclic amines) is 1. The summed E-state index contributed by atoms with van der Waals surface area (Å²) in [7, 11) is 3.12. The molecule has 2 fully saturated rings. The van der Waals surface area contributed by atoms with E-state index in [-0.39, 0.29) is 17.5 Å². The van der Waals surface area contributed by atoms with Crippen LogP contribution >= 0.6 is 0 Å². The molecule has 2 aliphatic rings. The fraction of sp³-hybridized carbons (Fsp3) is 0.476. The molecule has 148 valence electrons. The maximum atomic E-state index is 13.0. The molecular weight excluding hydrogens is 358 g/mol. The van der Waals surface area contributed by atoms with Gasteiger partial charge < -0.3 is 14.4 Å². The third-order valence-corrected chi connectivity index (χ3v) is 5.58. The van der Waals surface area contributed by atoms with Crippen LogP contribution in [-0.2, 0) is 0 Å².